The molecule has 6 heteroatoms. The Hall–Kier alpha value is -2.29. The molecule has 1 saturated carbocycles. The third-order valence-corrected chi connectivity index (χ3v) is 7.61. The van der Waals surface area contributed by atoms with Crippen molar-refractivity contribution in [1.29, 1.82) is 5.26 Å². The van der Waals surface area contributed by atoms with Gasteiger partial charge in [-0.1, -0.05) is 0 Å². The van der Waals surface area contributed by atoms with Crippen LogP contribution in [0.25, 0.3) is 0 Å². The van der Waals surface area contributed by atoms with Gasteiger partial charge in [-0.05, 0) is 74.3 Å². The predicted molar refractivity (Wildman–Crippen MR) is 107 cm³/mol. The molecule has 4 fully saturated rings. The van der Waals surface area contributed by atoms with E-state index in [1.807, 2.05) is 0 Å². The lowest BCUT2D eigenvalue weighted by Crippen LogP contribution is -2.56. The van der Waals surface area contributed by atoms with Crippen LogP contribution < -0.4 is 9.80 Å². The van der Waals surface area contributed by atoms with Gasteiger partial charge >= 0.3 is 5.97 Å². The lowest BCUT2D eigenvalue weighted by atomic mass is 9.60. The Morgan fingerprint density at radius 2 is 1.93 bits per heavy atom. The van der Waals surface area contributed by atoms with Gasteiger partial charge in [0.15, 0.2) is 0 Å². The van der Waals surface area contributed by atoms with Gasteiger partial charge in [-0.3, -0.25) is 4.79 Å². The van der Waals surface area contributed by atoms with E-state index >= 15 is 0 Å². The van der Waals surface area contributed by atoms with Gasteiger partial charge in [0.1, 0.15) is 17.7 Å². The van der Waals surface area contributed by atoms with Crippen LogP contribution in [0.4, 0.5) is 11.6 Å². The molecule has 1 N–H and O–H groups in total. The Balaban J connectivity index is 1.51. The van der Waals surface area contributed by atoms with Crippen molar-refractivity contribution in [2.45, 2.75) is 57.9 Å². The second kappa shape index (κ2) is 6.65. The van der Waals surface area contributed by atoms with Crippen molar-refractivity contribution in [3.63, 3.8) is 0 Å². The van der Waals surface area contributed by atoms with E-state index < -0.39 is 5.97 Å². The molecule has 4 heterocycles. The van der Waals surface area contributed by atoms with Gasteiger partial charge in [0, 0.05) is 32.1 Å². The number of aromatic nitrogens is 1. The number of fused-ring (bicyclic) bond motifs is 3. The highest BCUT2D eigenvalue weighted by molar-refractivity contribution is 5.69. The van der Waals surface area contributed by atoms with E-state index in [9.17, 15) is 15.2 Å². The number of hydrogen-bond donors (Lipinski definition) is 1. The molecule has 5 aliphatic rings. The highest BCUT2D eigenvalue weighted by Crippen LogP contribution is 2.49. The minimum Gasteiger partial charge on any atom is -0.481 e. The summed E-state index contributed by atoms with van der Waals surface area (Å²) in [6.45, 7) is 5.01. The minimum atomic E-state index is -0.670. The Kier molecular flexibility index (Phi) is 4.22. The van der Waals surface area contributed by atoms with E-state index in [0.29, 0.717) is 30.2 Å². The van der Waals surface area contributed by atoms with Crippen molar-refractivity contribution >= 4 is 17.6 Å². The molecule has 0 spiro atoms. The number of hydrogen-bond acceptors (Lipinski definition) is 5. The van der Waals surface area contributed by atoms with Crippen molar-refractivity contribution in [3.05, 3.63) is 16.7 Å². The summed E-state index contributed by atoms with van der Waals surface area (Å²) in [6, 6.07) is 2.93. The van der Waals surface area contributed by atoms with E-state index in [0.717, 1.165) is 75.4 Å². The molecule has 4 atom stereocenters. The largest absolute Gasteiger partial charge is 0.481 e. The molecule has 0 aromatic carbocycles. The van der Waals surface area contributed by atoms with Crippen molar-refractivity contribution < 1.29 is 9.90 Å². The van der Waals surface area contributed by atoms with Crippen LogP contribution in [-0.2, 0) is 17.6 Å². The van der Waals surface area contributed by atoms with Crippen LogP contribution in [0, 0.1) is 29.1 Å². The number of carboxylic acid groups (broad SMARTS) is 1. The summed E-state index contributed by atoms with van der Waals surface area (Å²) >= 11 is 0. The second-order valence-corrected chi connectivity index (χ2v) is 9.16. The molecule has 1 aromatic rings. The molecule has 2 bridgehead atoms. The smallest absolute Gasteiger partial charge is 0.303 e. The first kappa shape index (κ1) is 17.8. The molecule has 0 radical (unpaired) electrons. The zero-order valence-electron chi connectivity index (χ0n) is 16.5. The van der Waals surface area contributed by atoms with Crippen LogP contribution in [0.5, 0.6) is 0 Å². The molecule has 0 unspecified atom stereocenters. The van der Waals surface area contributed by atoms with Gasteiger partial charge in [-0.15, -0.1) is 0 Å². The van der Waals surface area contributed by atoms with Gasteiger partial charge in [-0.25, -0.2) is 4.98 Å². The van der Waals surface area contributed by atoms with Crippen molar-refractivity contribution in [3.8, 4) is 6.07 Å². The molecule has 2 aliphatic carbocycles. The number of nitriles is 1. The summed E-state index contributed by atoms with van der Waals surface area (Å²) in [7, 11) is 0. The first-order valence-corrected chi connectivity index (χ1v) is 10.8. The second-order valence-electron chi connectivity index (χ2n) is 9.16. The summed E-state index contributed by atoms with van der Waals surface area (Å²) in [5.74, 6) is 2.58. The standard InChI is InChI=1S/C22H28N4O2/c1-13-6-7-26(13)22-19(10-23)16-4-2-3-5-17(16)21(24-22)25-11-14-8-15(12-25)18(14)9-20(27)28/h13-15,18H,2-9,11-12H2,1H3,(H,27,28)/t13-,14-,15+,18+/m0/s1. The van der Waals surface area contributed by atoms with E-state index in [-0.39, 0.29) is 0 Å². The van der Waals surface area contributed by atoms with E-state index in [1.165, 1.54) is 11.1 Å². The molecule has 3 saturated heterocycles. The Morgan fingerprint density at radius 1 is 1.21 bits per heavy atom. The summed E-state index contributed by atoms with van der Waals surface area (Å²) in [5.41, 5.74) is 3.32. The van der Waals surface area contributed by atoms with Crippen LogP contribution in [0.1, 0.15) is 55.7 Å². The fraction of sp³-hybridized carbons (Fsp3) is 0.682. The average Bonchev–Trinajstić information content (AvgIpc) is 2.70. The maximum atomic E-state index is 11.2. The van der Waals surface area contributed by atoms with Gasteiger partial charge < -0.3 is 14.9 Å². The zero-order chi connectivity index (χ0) is 19.4. The summed E-state index contributed by atoms with van der Waals surface area (Å²) in [5, 5.41) is 19.1. The quantitative estimate of drug-likeness (QED) is 0.865. The Bertz CT molecular complexity index is 849. The van der Waals surface area contributed by atoms with Gasteiger partial charge in [0.25, 0.3) is 0 Å². The number of pyridine rings is 1. The normalized spacial score (nSPS) is 30.7. The molecule has 148 valence electrons. The van der Waals surface area contributed by atoms with Gasteiger partial charge in [0.05, 0.1) is 5.56 Å². The number of rotatable bonds is 4. The van der Waals surface area contributed by atoms with E-state index in [1.54, 1.807) is 0 Å². The number of aliphatic carboxylic acids is 1. The van der Waals surface area contributed by atoms with Crippen molar-refractivity contribution in [2.75, 3.05) is 29.4 Å². The molecule has 6 rings (SSSR count). The van der Waals surface area contributed by atoms with Crippen molar-refractivity contribution in [2.24, 2.45) is 17.8 Å². The third-order valence-electron chi connectivity index (χ3n) is 7.61. The molecule has 1 aromatic heterocycles. The maximum Gasteiger partial charge on any atom is 0.303 e. The van der Waals surface area contributed by atoms with Gasteiger partial charge in [0.2, 0.25) is 0 Å². The van der Waals surface area contributed by atoms with Crippen LogP contribution >= 0.6 is 0 Å². The van der Waals surface area contributed by atoms with Crippen LogP contribution in [0.2, 0.25) is 0 Å². The average molecular weight is 380 g/mol. The highest BCUT2D eigenvalue weighted by Gasteiger charge is 2.48. The lowest BCUT2D eigenvalue weighted by Gasteiger charge is -2.54. The summed E-state index contributed by atoms with van der Waals surface area (Å²) in [4.78, 5) is 21.0. The molecule has 0 amide bonds. The van der Waals surface area contributed by atoms with Crippen LogP contribution in [-0.4, -0.2) is 41.7 Å². The SMILES string of the molecule is C[C@H]1CCN1c1nc(N2C[C@H]3C[C@@H](C2)[C@H]3CC(=O)O)c2c(c1C#N)CCCC2. The number of carboxylic acids is 1. The number of carbonyl (C=O) groups is 1. The minimum absolute atomic E-state index is 0.304. The lowest BCUT2D eigenvalue weighted by molar-refractivity contribution is -0.141. The Morgan fingerprint density at radius 3 is 2.50 bits per heavy atom. The molecule has 6 nitrogen and oxygen atoms in total. The van der Waals surface area contributed by atoms with Crippen LogP contribution in [0.3, 0.4) is 0 Å². The van der Waals surface area contributed by atoms with Crippen molar-refractivity contribution in [1.82, 2.24) is 4.98 Å². The first-order chi connectivity index (χ1) is 13.6. The highest BCUT2D eigenvalue weighted by atomic mass is 16.4. The van der Waals surface area contributed by atoms with Gasteiger partial charge in [-0.2, -0.15) is 5.26 Å². The fourth-order valence-electron chi connectivity index (χ4n) is 5.90. The molecular formula is C22H28N4O2. The monoisotopic (exact) mass is 380 g/mol. The topological polar surface area (TPSA) is 80.5 Å². The number of anilines is 2. The summed E-state index contributed by atoms with van der Waals surface area (Å²) < 4.78 is 0. The van der Waals surface area contributed by atoms with E-state index in [4.69, 9.17) is 4.98 Å². The zero-order valence-corrected chi connectivity index (χ0v) is 16.5. The van der Waals surface area contributed by atoms with Crippen LogP contribution in [0.15, 0.2) is 0 Å². The fourth-order valence-corrected chi connectivity index (χ4v) is 5.90. The number of nitrogens with zero attached hydrogens (tertiary/aromatic N) is 4. The Labute approximate surface area is 166 Å². The summed E-state index contributed by atoms with van der Waals surface area (Å²) in [6.07, 6.45) is 6.91. The molecule has 28 heavy (non-hydrogen) atoms. The first-order valence-electron chi connectivity index (χ1n) is 10.8. The molecular weight excluding hydrogens is 352 g/mol. The maximum absolute atomic E-state index is 11.2. The number of piperidine rings is 2. The van der Waals surface area contributed by atoms with E-state index in [2.05, 4.69) is 22.8 Å². The third kappa shape index (κ3) is 2.67. The molecule has 3 aliphatic heterocycles. The predicted octanol–water partition coefficient (Wildman–Crippen LogP) is 2.98.